The van der Waals surface area contributed by atoms with E-state index in [9.17, 15) is 0 Å². The van der Waals surface area contributed by atoms with Crippen LogP contribution in [0.25, 0.3) is 5.65 Å². The lowest BCUT2D eigenvalue weighted by Gasteiger charge is -2.32. The normalized spacial score (nSPS) is 19.0. The maximum absolute atomic E-state index is 5.51. The van der Waals surface area contributed by atoms with E-state index in [2.05, 4.69) is 50.3 Å². The van der Waals surface area contributed by atoms with Crippen molar-refractivity contribution in [3.8, 4) is 0 Å². The Hall–Kier alpha value is -2.51. The van der Waals surface area contributed by atoms with Crippen LogP contribution in [0.1, 0.15) is 74.7 Å². The van der Waals surface area contributed by atoms with Gasteiger partial charge in [-0.2, -0.15) is 14.6 Å². The third-order valence-corrected chi connectivity index (χ3v) is 5.42. The van der Waals surface area contributed by atoms with Crippen molar-refractivity contribution >= 4 is 11.3 Å². The molecule has 1 aliphatic carbocycles. The molecule has 1 saturated heterocycles. The van der Waals surface area contributed by atoms with Crippen molar-refractivity contribution < 1.29 is 4.52 Å². The van der Waals surface area contributed by atoms with E-state index >= 15 is 0 Å². The first-order valence-corrected chi connectivity index (χ1v) is 9.48. The van der Waals surface area contributed by atoms with E-state index in [4.69, 9.17) is 4.52 Å². The molecule has 2 fully saturated rings. The summed E-state index contributed by atoms with van der Waals surface area (Å²) in [7, 11) is 0. The fourth-order valence-corrected chi connectivity index (χ4v) is 3.66. The van der Waals surface area contributed by atoms with Gasteiger partial charge in [0.05, 0.1) is 11.4 Å². The second kappa shape index (κ2) is 6.03. The largest absolute Gasteiger partial charge is 0.368 e. The van der Waals surface area contributed by atoms with E-state index in [1.165, 1.54) is 12.8 Å². The summed E-state index contributed by atoms with van der Waals surface area (Å²) in [5.74, 6) is 2.83. The van der Waals surface area contributed by atoms with Crippen molar-refractivity contribution in [3.05, 3.63) is 29.8 Å². The summed E-state index contributed by atoms with van der Waals surface area (Å²) in [4.78, 5) is 6.98. The molecule has 0 amide bonds. The number of hydrogen-bond acceptors (Lipinski definition) is 7. The standard InChI is InChI=1S/C18H23N7O/c1-11(2)16-20-18(26-23-16)13-5-7-24(8-6-13)15-9-14(12-3-4-12)22-25-10-19-21-17(15)25/h9-13H,3-8H2,1-2H3. The fraction of sp³-hybridized carbons (Fsp3) is 0.611. The van der Waals surface area contributed by atoms with Crippen LogP contribution in [-0.4, -0.2) is 43.0 Å². The number of nitrogens with zero attached hydrogens (tertiary/aromatic N) is 7. The number of piperidine rings is 1. The molecule has 0 bridgehead atoms. The van der Waals surface area contributed by atoms with Crippen LogP contribution < -0.4 is 4.90 Å². The molecule has 1 saturated carbocycles. The maximum Gasteiger partial charge on any atom is 0.229 e. The monoisotopic (exact) mass is 353 g/mol. The number of anilines is 1. The van der Waals surface area contributed by atoms with E-state index in [1.54, 1.807) is 6.33 Å². The first-order chi connectivity index (χ1) is 12.7. The zero-order valence-corrected chi connectivity index (χ0v) is 15.2. The Balaban J connectivity index is 1.36. The summed E-state index contributed by atoms with van der Waals surface area (Å²) in [5.41, 5.74) is 3.15. The van der Waals surface area contributed by atoms with Crippen molar-refractivity contribution in [1.29, 1.82) is 0 Å². The Bertz CT molecular complexity index is 919. The minimum Gasteiger partial charge on any atom is -0.368 e. The highest BCUT2D eigenvalue weighted by Gasteiger charge is 2.30. The number of aromatic nitrogens is 6. The molecule has 0 atom stereocenters. The zero-order chi connectivity index (χ0) is 17.7. The topological polar surface area (TPSA) is 85.2 Å². The third kappa shape index (κ3) is 2.73. The number of rotatable bonds is 4. The van der Waals surface area contributed by atoms with Crippen molar-refractivity contribution in [2.75, 3.05) is 18.0 Å². The smallest absolute Gasteiger partial charge is 0.229 e. The van der Waals surface area contributed by atoms with Gasteiger partial charge in [-0.1, -0.05) is 19.0 Å². The Morgan fingerprint density at radius 3 is 2.62 bits per heavy atom. The fourth-order valence-electron chi connectivity index (χ4n) is 3.66. The first-order valence-electron chi connectivity index (χ1n) is 9.48. The van der Waals surface area contributed by atoms with Crippen LogP contribution in [0.4, 0.5) is 5.69 Å². The average Bonchev–Trinajstić information content (AvgIpc) is 3.19. The van der Waals surface area contributed by atoms with Crippen molar-refractivity contribution in [3.63, 3.8) is 0 Å². The van der Waals surface area contributed by atoms with Gasteiger partial charge in [-0.3, -0.25) is 0 Å². The van der Waals surface area contributed by atoms with Gasteiger partial charge < -0.3 is 9.42 Å². The van der Waals surface area contributed by atoms with Crippen molar-refractivity contribution in [2.45, 2.75) is 57.3 Å². The third-order valence-electron chi connectivity index (χ3n) is 5.42. The summed E-state index contributed by atoms with van der Waals surface area (Å²) in [6, 6.07) is 2.21. The van der Waals surface area contributed by atoms with Gasteiger partial charge in [0.1, 0.15) is 6.33 Å². The van der Waals surface area contributed by atoms with Gasteiger partial charge in [0.25, 0.3) is 0 Å². The van der Waals surface area contributed by atoms with Crippen LogP contribution >= 0.6 is 0 Å². The molecule has 3 aromatic heterocycles. The summed E-state index contributed by atoms with van der Waals surface area (Å²) in [6.45, 7) is 6.06. The highest BCUT2D eigenvalue weighted by Crippen LogP contribution is 2.41. The van der Waals surface area contributed by atoms with Crippen LogP contribution in [0.5, 0.6) is 0 Å². The molecule has 0 aromatic carbocycles. The van der Waals surface area contributed by atoms with E-state index in [-0.39, 0.29) is 0 Å². The van der Waals surface area contributed by atoms with Gasteiger partial charge >= 0.3 is 0 Å². The lowest BCUT2D eigenvalue weighted by molar-refractivity contribution is 0.326. The molecule has 136 valence electrons. The highest BCUT2D eigenvalue weighted by molar-refractivity contribution is 5.68. The molecule has 0 spiro atoms. The number of fused-ring (bicyclic) bond motifs is 1. The van der Waals surface area contributed by atoms with Gasteiger partial charge in [-0.05, 0) is 31.7 Å². The van der Waals surface area contributed by atoms with E-state index in [0.717, 1.165) is 54.7 Å². The predicted octanol–water partition coefficient (Wildman–Crippen LogP) is 2.89. The quantitative estimate of drug-likeness (QED) is 0.713. The van der Waals surface area contributed by atoms with Crippen LogP contribution in [-0.2, 0) is 0 Å². The molecule has 0 radical (unpaired) electrons. The van der Waals surface area contributed by atoms with Gasteiger partial charge in [-0.25, -0.2) is 0 Å². The van der Waals surface area contributed by atoms with Gasteiger partial charge in [-0.15, -0.1) is 10.2 Å². The van der Waals surface area contributed by atoms with E-state index in [0.29, 0.717) is 17.8 Å². The van der Waals surface area contributed by atoms with Gasteiger partial charge in [0.2, 0.25) is 11.5 Å². The predicted molar refractivity (Wildman–Crippen MR) is 95.3 cm³/mol. The minimum absolute atomic E-state index is 0.298. The molecule has 3 aromatic rings. The second-order valence-electron chi connectivity index (χ2n) is 7.73. The minimum atomic E-state index is 0.298. The Morgan fingerprint density at radius 1 is 1.12 bits per heavy atom. The Labute approximate surface area is 151 Å². The van der Waals surface area contributed by atoms with Crippen LogP contribution in [0.2, 0.25) is 0 Å². The molecule has 4 heterocycles. The molecule has 1 aliphatic heterocycles. The summed E-state index contributed by atoms with van der Waals surface area (Å²) < 4.78 is 7.33. The molecule has 0 unspecified atom stereocenters. The lowest BCUT2D eigenvalue weighted by Crippen LogP contribution is -2.33. The first kappa shape index (κ1) is 15.7. The van der Waals surface area contributed by atoms with Gasteiger partial charge in [0, 0.05) is 30.8 Å². The number of hydrogen-bond donors (Lipinski definition) is 0. The highest BCUT2D eigenvalue weighted by atomic mass is 16.5. The van der Waals surface area contributed by atoms with Crippen molar-refractivity contribution in [2.24, 2.45) is 0 Å². The molecule has 8 heteroatoms. The Morgan fingerprint density at radius 2 is 1.92 bits per heavy atom. The molecule has 2 aliphatic rings. The summed E-state index contributed by atoms with van der Waals surface area (Å²) in [5, 5.41) is 17.1. The summed E-state index contributed by atoms with van der Waals surface area (Å²) >= 11 is 0. The molecule has 8 nitrogen and oxygen atoms in total. The molecule has 26 heavy (non-hydrogen) atoms. The SMILES string of the molecule is CC(C)c1noc(C2CCN(c3cc(C4CC4)nn4cnnc34)CC2)n1. The van der Waals surface area contributed by atoms with Crippen LogP contribution in [0.15, 0.2) is 16.9 Å². The molecule has 0 N–H and O–H groups in total. The van der Waals surface area contributed by atoms with Crippen LogP contribution in [0, 0.1) is 0 Å². The van der Waals surface area contributed by atoms with E-state index in [1.807, 2.05) is 4.52 Å². The average molecular weight is 353 g/mol. The maximum atomic E-state index is 5.51. The lowest BCUT2D eigenvalue weighted by atomic mass is 9.96. The van der Waals surface area contributed by atoms with Gasteiger partial charge in [0.15, 0.2) is 5.82 Å². The second-order valence-corrected chi connectivity index (χ2v) is 7.73. The Kier molecular flexibility index (Phi) is 3.65. The molecular formula is C18H23N7O. The summed E-state index contributed by atoms with van der Waals surface area (Å²) in [6.07, 6.45) is 6.17. The van der Waals surface area contributed by atoms with E-state index < -0.39 is 0 Å². The molecular weight excluding hydrogens is 330 g/mol. The molecule has 5 rings (SSSR count). The zero-order valence-electron chi connectivity index (χ0n) is 15.2. The van der Waals surface area contributed by atoms with Crippen molar-refractivity contribution in [1.82, 2.24) is 30.0 Å². The van der Waals surface area contributed by atoms with Crippen LogP contribution in [0.3, 0.4) is 0 Å².